The summed E-state index contributed by atoms with van der Waals surface area (Å²) in [6, 6.07) is -5.01. The van der Waals surface area contributed by atoms with E-state index >= 15 is 0 Å². The Morgan fingerprint density at radius 2 is 1.62 bits per heavy atom. The van der Waals surface area contributed by atoms with Gasteiger partial charge in [0.2, 0.25) is 17.7 Å². The molecule has 3 amide bonds. The summed E-state index contributed by atoms with van der Waals surface area (Å²) >= 11 is 4.02. The number of carbonyl (C=O) groups excluding carboxylic acids is 3. The fraction of sp³-hybridized carbons (Fsp3) is 0.579. The Morgan fingerprint density at radius 3 is 2.15 bits per heavy atom. The molecule has 1 aromatic rings. The number of aromatic nitrogens is 2. The molecule has 190 valence electrons. The number of H-pyrrole nitrogens is 1. The highest BCUT2D eigenvalue weighted by Crippen LogP contribution is 2.05. The highest BCUT2D eigenvalue weighted by Gasteiger charge is 2.30. The summed E-state index contributed by atoms with van der Waals surface area (Å²) in [4.78, 5) is 66.7. The molecule has 1 aromatic heterocycles. The number of thiol groups is 1. The fourth-order valence-corrected chi connectivity index (χ4v) is 3.13. The van der Waals surface area contributed by atoms with Crippen molar-refractivity contribution in [3.63, 3.8) is 0 Å². The maximum absolute atomic E-state index is 12.9. The lowest BCUT2D eigenvalue weighted by atomic mass is 10.1. The van der Waals surface area contributed by atoms with Crippen LogP contribution in [0.2, 0.25) is 0 Å². The number of unbranched alkanes of at least 4 members (excludes halogenated alkanes) is 1. The van der Waals surface area contributed by atoms with E-state index in [4.69, 9.17) is 16.6 Å². The summed E-state index contributed by atoms with van der Waals surface area (Å²) in [5.41, 5.74) is 11.4. The molecule has 0 aliphatic rings. The lowest BCUT2D eigenvalue weighted by Gasteiger charge is -2.24. The number of nitrogens with one attached hydrogen (secondary N) is 4. The van der Waals surface area contributed by atoms with Gasteiger partial charge in [-0.05, 0) is 25.8 Å². The van der Waals surface area contributed by atoms with Crippen molar-refractivity contribution in [1.29, 1.82) is 0 Å². The summed E-state index contributed by atoms with van der Waals surface area (Å²) in [6.07, 6.45) is 3.35. The molecule has 0 spiro atoms. The highest BCUT2D eigenvalue weighted by molar-refractivity contribution is 7.80. The number of nitrogens with zero attached hydrogens (tertiary/aromatic N) is 1. The molecule has 0 saturated carbocycles. The predicted molar refractivity (Wildman–Crippen MR) is 123 cm³/mol. The Hall–Kier alpha value is -3.17. The molecule has 1 heterocycles. The third-order valence-electron chi connectivity index (χ3n) is 4.72. The van der Waals surface area contributed by atoms with Gasteiger partial charge >= 0.3 is 11.9 Å². The number of hydrogen-bond acceptors (Lipinski definition) is 9. The smallest absolute Gasteiger partial charge is 0.326 e. The quantitative estimate of drug-likeness (QED) is 0.0841. The second-order valence-corrected chi connectivity index (χ2v) is 7.84. The molecular formula is C19H31N7O7S. The number of carboxylic acids is 2. The maximum Gasteiger partial charge on any atom is 0.326 e. The molecule has 0 fully saturated rings. The van der Waals surface area contributed by atoms with Crippen LogP contribution in [0.15, 0.2) is 12.5 Å². The van der Waals surface area contributed by atoms with Gasteiger partial charge in [0.1, 0.15) is 18.1 Å². The van der Waals surface area contributed by atoms with E-state index in [9.17, 15) is 29.1 Å². The van der Waals surface area contributed by atoms with E-state index in [1.807, 2.05) is 0 Å². The van der Waals surface area contributed by atoms with Crippen LogP contribution in [-0.2, 0) is 30.4 Å². The minimum Gasteiger partial charge on any atom is -0.481 e. The molecule has 1 rings (SSSR count). The van der Waals surface area contributed by atoms with Gasteiger partial charge in [0.15, 0.2) is 0 Å². The minimum absolute atomic E-state index is 0.0432. The number of aliphatic carboxylic acids is 2. The molecule has 14 nitrogen and oxygen atoms in total. The fourth-order valence-electron chi connectivity index (χ4n) is 2.87. The van der Waals surface area contributed by atoms with Crippen molar-refractivity contribution in [1.82, 2.24) is 25.9 Å². The van der Waals surface area contributed by atoms with Crippen molar-refractivity contribution in [2.45, 2.75) is 56.3 Å². The lowest BCUT2D eigenvalue weighted by Crippen LogP contribution is -2.58. The first-order chi connectivity index (χ1) is 16.1. The molecule has 0 aromatic carbocycles. The lowest BCUT2D eigenvalue weighted by molar-refractivity contribution is -0.142. The average Bonchev–Trinajstić information content (AvgIpc) is 3.28. The third-order valence-corrected chi connectivity index (χ3v) is 5.09. The van der Waals surface area contributed by atoms with Crippen LogP contribution >= 0.6 is 12.6 Å². The Bertz CT molecular complexity index is 837. The van der Waals surface area contributed by atoms with Crippen LogP contribution in [0.3, 0.4) is 0 Å². The summed E-state index contributed by atoms with van der Waals surface area (Å²) in [5, 5.41) is 25.4. The molecule has 0 bridgehead atoms. The Morgan fingerprint density at radius 1 is 1.00 bits per heavy atom. The molecule has 10 N–H and O–H groups in total. The van der Waals surface area contributed by atoms with Gasteiger partial charge in [-0.25, -0.2) is 9.78 Å². The molecule has 34 heavy (non-hydrogen) atoms. The van der Waals surface area contributed by atoms with Crippen molar-refractivity contribution in [2.75, 3.05) is 12.3 Å². The third kappa shape index (κ3) is 10.2. The molecule has 0 aliphatic carbocycles. The van der Waals surface area contributed by atoms with Crippen LogP contribution in [0.25, 0.3) is 0 Å². The van der Waals surface area contributed by atoms with Crippen LogP contribution in [0.1, 0.15) is 31.4 Å². The summed E-state index contributed by atoms with van der Waals surface area (Å²) in [7, 11) is 0. The Kier molecular flexibility index (Phi) is 12.6. The number of amides is 3. The molecule has 0 saturated heterocycles. The largest absolute Gasteiger partial charge is 0.481 e. The monoisotopic (exact) mass is 501 g/mol. The van der Waals surface area contributed by atoms with Crippen molar-refractivity contribution in [3.8, 4) is 0 Å². The van der Waals surface area contributed by atoms with E-state index in [0.717, 1.165) is 0 Å². The minimum atomic E-state index is -1.39. The summed E-state index contributed by atoms with van der Waals surface area (Å²) in [5.74, 6) is -5.12. The zero-order valence-electron chi connectivity index (χ0n) is 18.4. The second-order valence-electron chi connectivity index (χ2n) is 7.47. The summed E-state index contributed by atoms with van der Waals surface area (Å²) in [6.45, 7) is 0.381. The van der Waals surface area contributed by atoms with Crippen LogP contribution in [0.5, 0.6) is 0 Å². The van der Waals surface area contributed by atoms with Crippen molar-refractivity contribution in [2.24, 2.45) is 11.5 Å². The van der Waals surface area contributed by atoms with Gasteiger partial charge in [0.05, 0.1) is 18.8 Å². The molecular weight excluding hydrogens is 470 g/mol. The van der Waals surface area contributed by atoms with Crippen LogP contribution in [0, 0.1) is 0 Å². The van der Waals surface area contributed by atoms with Gasteiger partial charge in [-0.1, -0.05) is 0 Å². The summed E-state index contributed by atoms with van der Waals surface area (Å²) < 4.78 is 0. The van der Waals surface area contributed by atoms with Crippen molar-refractivity contribution >= 4 is 42.3 Å². The predicted octanol–water partition coefficient (Wildman–Crippen LogP) is -2.65. The average molecular weight is 502 g/mol. The van der Waals surface area contributed by atoms with E-state index in [1.54, 1.807) is 0 Å². The highest BCUT2D eigenvalue weighted by atomic mass is 32.1. The van der Waals surface area contributed by atoms with Gasteiger partial charge < -0.3 is 42.6 Å². The van der Waals surface area contributed by atoms with Gasteiger partial charge in [0.25, 0.3) is 0 Å². The molecule has 4 atom stereocenters. The SMILES string of the molecule is NCCCCC(NC(=O)C(Cc1cnc[nH]1)NC(=O)C(CS)NC(=O)C(N)CC(=O)O)C(=O)O. The number of carbonyl (C=O) groups is 5. The molecule has 4 unspecified atom stereocenters. The number of nitrogens with two attached hydrogens (primary N) is 2. The van der Waals surface area contributed by atoms with Crippen LogP contribution < -0.4 is 27.4 Å². The standard InChI is InChI=1S/C19H31N7O7S/c20-4-2-1-3-12(19(32)33)24-17(30)13(5-10-7-22-9-23-10)25-18(31)14(8-34)26-16(29)11(21)6-15(27)28/h7,9,11-14,34H,1-6,8,20-21H2,(H,22,23)(H,24,30)(H,25,31)(H,26,29)(H,27,28)(H,32,33). The number of imidazole rings is 1. The van der Waals surface area contributed by atoms with E-state index in [0.29, 0.717) is 25.1 Å². The Balaban J connectivity index is 2.92. The zero-order valence-corrected chi connectivity index (χ0v) is 19.3. The van der Waals surface area contributed by atoms with Crippen molar-refractivity contribution in [3.05, 3.63) is 18.2 Å². The molecule has 0 radical (unpaired) electrons. The molecule has 0 aliphatic heterocycles. The first-order valence-electron chi connectivity index (χ1n) is 10.5. The topological polar surface area (TPSA) is 243 Å². The number of rotatable bonds is 16. The number of hydrogen-bond donors (Lipinski definition) is 9. The second kappa shape index (κ2) is 14.9. The van der Waals surface area contributed by atoms with Gasteiger partial charge in [0, 0.05) is 24.1 Å². The number of aromatic amines is 1. The van der Waals surface area contributed by atoms with E-state index < -0.39 is 60.2 Å². The van der Waals surface area contributed by atoms with E-state index in [1.165, 1.54) is 12.5 Å². The normalized spacial score (nSPS) is 14.3. The zero-order chi connectivity index (χ0) is 25.7. The van der Waals surface area contributed by atoms with E-state index in [2.05, 4.69) is 38.5 Å². The maximum atomic E-state index is 12.9. The van der Waals surface area contributed by atoms with Gasteiger partial charge in [-0.2, -0.15) is 12.6 Å². The van der Waals surface area contributed by atoms with Crippen LogP contribution in [-0.4, -0.2) is 86.3 Å². The Labute approximate surface area is 201 Å². The van der Waals surface area contributed by atoms with Gasteiger partial charge in [-0.3, -0.25) is 19.2 Å². The molecule has 15 heteroatoms. The van der Waals surface area contributed by atoms with Crippen molar-refractivity contribution < 1.29 is 34.2 Å². The first kappa shape index (κ1) is 28.9. The van der Waals surface area contributed by atoms with E-state index in [-0.39, 0.29) is 18.6 Å². The number of carboxylic acid groups (broad SMARTS) is 2. The van der Waals surface area contributed by atoms with Gasteiger partial charge in [-0.15, -0.1) is 0 Å². The van der Waals surface area contributed by atoms with Crippen LogP contribution in [0.4, 0.5) is 0 Å². The first-order valence-corrected chi connectivity index (χ1v) is 11.1.